The molecule has 2 atom stereocenters. The zero-order valence-electron chi connectivity index (χ0n) is 12.1. The topological polar surface area (TPSA) is 75.6 Å². The van der Waals surface area contributed by atoms with Crippen LogP contribution in [0.2, 0.25) is 0 Å². The zero-order valence-corrected chi connectivity index (χ0v) is 12.1. The number of methoxy groups -OCH3 is 1. The number of carboxylic acid groups (broad SMARTS) is 1. The van der Waals surface area contributed by atoms with Crippen LogP contribution in [0.5, 0.6) is 5.75 Å². The molecule has 5 nitrogen and oxygen atoms in total. The fourth-order valence-corrected chi connectivity index (χ4v) is 1.93. The van der Waals surface area contributed by atoms with E-state index in [1.165, 1.54) is 7.11 Å². The Morgan fingerprint density at radius 1 is 1.35 bits per heavy atom. The Labute approximate surface area is 118 Å². The highest BCUT2D eigenvalue weighted by atomic mass is 16.5. The minimum atomic E-state index is -1.01. The fraction of sp³-hybridized carbons (Fsp3) is 0.467. The van der Waals surface area contributed by atoms with Gasteiger partial charge in [-0.1, -0.05) is 38.5 Å². The Morgan fingerprint density at radius 2 is 2.00 bits per heavy atom. The van der Waals surface area contributed by atoms with Gasteiger partial charge < -0.3 is 15.2 Å². The molecule has 5 heteroatoms. The first-order valence-corrected chi connectivity index (χ1v) is 6.63. The molecule has 1 rings (SSSR count). The summed E-state index contributed by atoms with van der Waals surface area (Å²) in [5.41, 5.74) is 0.737. The summed E-state index contributed by atoms with van der Waals surface area (Å²) in [6.45, 7) is 3.70. The molecule has 0 radical (unpaired) electrons. The maximum Gasteiger partial charge on any atom is 0.326 e. The Hall–Kier alpha value is -2.04. The summed E-state index contributed by atoms with van der Waals surface area (Å²) in [6.07, 6.45) is 0.788. The van der Waals surface area contributed by atoms with Crippen molar-refractivity contribution in [3.05, 3.63) is 29.8 Å². The number of hydrogen-bond donors (Lipinski definition) is 2. The Bertz CT molecular complexity index is 473. The average molecular weight is 279 g/mol. The number of ether oxygens (including phenoxy) is 1. The van der Waals surface area contributed by atoms with E-state index in [-0.39, 0.29) is 18.2 Å². The number of nitrogens with one attached hydrogen (secondary N) is 1. The van der Waals surface area contributed by atoms with Crippen molar-refractivity contribution in [2.75, 3.05) is 7.11 Å². The fourth-order valence-electron chi connectivity index (χ4n) is 1.93. The number of aliphatic carboxylic acids is 1. The van der Waals surface area contributed by atoms with Crippen molar-refractivity contribution in [2.24, 2.45) is 5.92 Å². The largest absolute Gasteiger partial charge is 0.496 e. The van der Waals surface area contributed by atoms with E-state index >= 15 is 0 Å². The molecule has 0 aromatic heterocycles. The Balaban J connectivity index is 2.73. The lowest BCUT2D eigenvalue weighted by Crippen LogP contribution is -2.45. The molecule has 0 saturated carbocycles. The molecule has 2 N–H and O–H groups in total. The van der Waals surface area contributed by atoms with Crippen molar-refractivity contribution in [1.29, 1.82) is 0 Å². The van der Waals surface area contributed by atoms with Crippen LogP contribution in [0.3, 0.4) is 0 Å². The number of para-hydroxylation sites is 1. The van der Waals surface area contributed by atoms with E-state index < -0.39 is 12.0 Å². The number of benzene rings is 1. The van der Waals surface area contributed by atoms with E-state index in [4.69, 9.17) is 9.84 Å². The Morgan fingerprint density at radius 3 is 2.55 bits per heavy atom. The molecule has 0 unspecified atom stereocenters. The lowest BCUT2D eigenvalue weighted by atomic mass is 9.99. The third-order valence-electron chi connectivity index (χ3n) is 3.34. The van der Waals surface area contributed by atoms with E-state index in [2.05, 4.69) is 5.32 Å². The summed E-state index contributed by atoms with van der Waals surface area (Å²) in [4.78, 5) is 23.2. The molecule has 20 heavy (non-hydrogen) atoms. The first-order chi connectivity index (χ1) is 9.49. The van der Waals surface area contributed by atoms with Gasteiger partial charge in [0.05, 0.1) is 13.5 Å². The van der Waals surface area contributed by atoms with Gasteiger partial charge in [0.25, 0.3) is 0 Å². The van der Waals surface area contributed by atoms with Crippen LogP contribution < -0.4 is 10.1 Å². The van der Waals surface area contributed by atoms with Gasteiger partial charge in [-0.25, -0.2) is 4.79 Å². The van der Waals surface area contributed by atoms with E-state index in [0.717, 1.165) is 5.56 Å². The quantitative estimate of drug-likeness (QED) is 0.798. The molecule has 0 aliphatic heterocycles. The van der Waals surface area contributed by atoms with Crippen molar-refractivity contribution >= 4 is 11.9 Å². The van der Waals surface area contributed by atoms with Crippen molar-refractivity contribution in [2.45, 2.75) is 32.7 Å². The molecule has 0 spiro atoms. The van der Waals surface area contributed by atoms with Crippen LogP contribution in [-0.2, 0) is 16.0 Å². The number of rotatable bonds is 7. The van der Waals surface area contributed by atoms with Crippen LogP contribution in [0, 0.1) is 5.92 Å². The number of carboxylic acids is 1. The molecule has 1 aromatic rings. The molecular weight excluding hydrogens is 258 g/mol. The predicted octanol–water partition coefficient (Wildman–Crippen LogP) is 1.85. The molecule has 0 aliphatic carbocycles. The summed E-state index contributed by atoms with van der Waals surface area (Å²) < 4.78 is 5.17. The van der Waals surface area contributed by atoms with Gasteiger partial charge in [0.1, 0.15) is 11.8 Å². The highest BCUT2D eigenvalue weighted by molar-refractivity contribution is 5.85. The third kappa shape index (κ3) is 4.26. The molecule has 0 saturated heterocycles. The molecular formula is C15H21NO4. The second kappa shape index (κ2) is 7.53. The monoisotopic (exact) mass is 279 g/mol. The normalized spacial score (nSPS) is 13.3. The van der Waals surface area contributed by atoms with Crippen LogP contribution in [0.15, 0.2) is 24.3 Å². The molecule has 0 heterocycles. The summed E-state index contributed by atoms with van der Waals surface area (Å²) in [5.74, 6) is -0.817. The van der Waals surface area contributed by atoms with Gasteiger partial charge >= 0.3 is 5.97 Å². The van der Waals surface area contributed by atoms with E-state index in [0.29, 0.717) is 12.2 Å². The maximum absolute atomic E-state index is 12.0. The molecule has 0 aliphatic rings. The van der Waals surface area contributed by atoms with Gasteiger partial charge in [-0.15, -0.1) is 0 Å². The Kier molecular flexibility index (Phi) is 6.03. The highest BCUT2D eigenvalue weighted by Crippen LogP contribution is 2.18. The highest BCUT2D eigenvalue weighted by Gasteiger charge is 2.25. The maximum atomic E-state index is 12.0. The van der Waals surface area contributed by atoms with Gasteiger partial charge in [-0.05, 0) is 12.0 Å². The van der Waals surface area contributed by atoms with Gasteiger partial charge in [0, 0.05) is 5.56 Å². The van der Waals surface area contributed by atoms with Crippen LogP contribution in [-0.4, -0.2) is 30.1 Å². The SMILES string of the molecule is CC[C@H](C)[C@H](NC(=O)Cc1ccccc1OC)C(=O)O. The lowest BCUT2D eigenvalue weighted by Gasteiger charge is -2.20. The van der Waals surface area contributed by atoms with Crippen LogP contribution in [0.1, 0.15) is 25.8 Å². The van der Waals surface area contributed by atoms with E-state index in [9.17, 15) is 9.59 Å². The van der Waals surface area contributed by atoms with Crippen LogP contribution >= 0.6 is 0 Å². The second-order valence-corrected chi connectivity index (χ2v) is 4.76. The summed E-state index contributed by atoms with van der Waals surface area (Å²) >= 11 is 0. The molecule has 1 amide bonds. The first-order valence-electron chi connectivity index (χ1n) is 6.63. The van der Waals surface area contributed by atoms with Crippen molar-refractivity contribution < 1.29 is 19.4 Å². The van der Waals surface area contributed by atoms with Gasteiger partial charge in [0.2, 0.25) is 5.91 Å². The molecule has 110 valence electrons. The van der Waals surface area contributed by atoms with Crippen LogP contribution in [0.25, 0.3) is 0 Å². The summed E-state index contributed by atoms with van der Waals surface area (Å²) in [7, 11) is 1.54. The van der Waals surface area contributed by atoms with Gasteiger partial charge in [-0.3, -0.25) is 4.79 Å². The van der Waals surface area contributed by atoms with E-state index in [1.807, 2.05) is 26.0 Å². The number of carbonyl (C=O) groups is 2. The smallest absolute Gasteiger partial charge is 0.326 e. The molecule has 0 bridgehead atoms. The van der Waals surface area contributed by atoms with Crippen LogP contribution in [0.4, 0.5) is 0 Å². The average Bonchev–Trinajstić information content (AvgIpc) is 2.44. The van der Waals surface area contributed by atoms with Gasteiger partial charge in [-0.2, -0.15) is 0 Å². The summed E-state index contributed by atoms with van der Waals surface area (Å²) in [5, 5.41) is 11.7. The summed E-state index contributed by atoms with van der Waals surface area (Å²) in [6, 6.07) is 6.33. The van der Waals surface area contributed by atoms with Crippen molar-refractivity contribution in [1.82, 2.24) is 5.32 Å². The first kappa shape index (κ1) is 16.0. The zero-order chi connectivity index (χ0) is 15.1. The predicted molar refractivity (Wildman–Crippen MR) is 75.7 cm³/mol. The van der Waals surface area contributed by atoms with Crippen molar-refractivity contribution in [3.63, 3.8) is 0 Å². The number of hydrogen-bond acceptors (Lipinski definition) is 3. The minimum absolute atomic E-state index is 0.101. The van der Waals surface area contributed by atoms with Gasteiger partial charge in [0.15, 0.2) is 0 Å². The lowest BCUT2D eigenvalue weighted by molar-refractivity contribution is -0.143. The standard InChI is InChI=1S/C15H21NO4/c1-4-10(2)14(15(18)19)16-13(17)9-11-7-5-6-8-12(11)20-3/h5-8,10,14H,4,9H2,1-3H3,(H,16,17)(H,18,19)/t10-,14-/m0/s1. The van der Waals surface area contributed by atoms with Crippen molar-refractivity contribution in [3.8, 4) is 5.75 Å². The number of amides is 1. The minimum Gasteiger partial charge on any atom is -0.496 e. The third-order valence-corrected chi connectivity index (χ3v) is 3.34. The molecule has 0 fully saturated rings. The number of carbonyl (C=O) groups excluding carboxylic acids is 1. The molecule has 1 aromatic carbocycles. The van der Waals surface area contributed by atoms with E-state index in [1.54, 1.807) is 12.1 Å². The second-order valence-electron chi connectivity index (χ2n) is 4.76.